The lowest BCUT2D eigenvalue weighted by molar-refractivity contribution is 0.462. The molecular formula is C59H49N3O. The lowest BCUT2D eigenvalue weighted by Gasteiger charge is -2.37. The number of hydrogen-bond donors (Lipinski definition) is 2. The molecule has 5 unspecified atom stereocenters. The third-order valence-electron chi connectivity index (χ3n) is 14.3. The minimum Gasteiger partial charge on any atom is -0.456 e. The first-order valence-electron chi connectivity index (χ1n) is 22.6. The molecule has 4 heteroatoms. The summed E-state index contributed by atoms with van der Waals surface area (Å²) in [6.07, 6.45) is 24.9. The van der Waals surface area contributed by atoms with Crippen LogP contribution in [-0.4, -0.2) is 12.0 Å². The molecule has 0 aliphatic heterocycles. The predicted molar refractivity (Wildman–Crippen MR) is 261 cm³/mol. The zero-order chi connectivity index (χ0) is 42.1. The maximum Gasteiger partial charge on any atom is 0.135 e. The van der Waals surface area contributed by atoms with Crippen LogP contribution < -0.4 is 11.1 Å². The van der Waals surface area contributed by atoms with Crippen LogP contribution in [0.1, 0.15) is 77.9 Å². The Kier molecular flexibility index (Phi) is 9.05. The van der Waals surface area contributed by atoms with E-state index < -0.39 is 0 Å². The third-order valence-corrected chi connectivity index (χ3v) is 14.3. The van der Waals surface area contributed by atoms with Gasteiger partial charge in [-0.15, -0.1) is 0 Å². The number of aliphatic imine (C=N–C) groups is 1. The van der Waals surface area contributed by atoms with Crippen molar-refractivity contribution in [2.24, 2.45) is 16.6 Å². The third kappa shape index (κ3) is 6.11. The van der Waals surface area contributed by atoms with Crippen molar-refractivity contribution in [3.05, 3.63) is 233 Å². The van der Waals surface area contributed by atoms with E-state index in [-0.39, 0.29) is 17.6 Å². The van der Waals surface area contributed by atoms with Crippen LogP contribution in [-0.2, 0) is 5.41 Å². The number of hydrogen-bond acceptors (Lipinski definition) is 3. The molecule has 0 saturated heterocycles. The number of nitrogens with one attached hydrogen (secondary N) is 1. The second-order valence-corrected chi connectivity index (χ2v) is 17.8. The Morgan fingerprint density at radius 1 is 0.698 bits per heavy atom. The highest BCUT2D eigenvalue weighted by Gasteiger charge is 2.57. The van der Waals surface area contributed by atoms with Gasteiger partial charge in [0.25, 0.3) is 0 Å². The summed E-state index contributed by atoms with van der Waals surface area (Å²) in [5.41, 5.74) is 25.3. The van der Waals surface area contributed by atoms with Crippen LogP contribution in [0.5, 0.6) is 0 Å². The molecule has 5 atom stereocenters. The van der Waals surface area contributed by atoms with Crippen LogP contribution in [0.4, 0.5) is 0 Å². The summed E-state index contributed by atoms with van der Waals surface area (Å²) in [4.78, 5) is 5.21. The first kappa shape index (κ1) is 37.7. The van der Waals surface area contributed by atoms with Crippen molar-refractivity contribution in [3.63, 3.8) is 0 Å². The van der Waals surface area contributed by atoms with Crippen LogP contribution >= 0.6 is 0 Å². The topological polar surface area (TPSA) is 63.5 Å². The van der Waals surface area contributed by atoms with Gasteiger partial charge in [0.15, 0.2) is 0 Å². The van der Waals surface area contributed by atoms with Gasteiger partial charge in [0.2, 0.25) is 0 Å². The molecule has 12 rings (SSSR count). The summed E-state index contributed by atoms with van der Waals surface area (Å²) in [5.74, 6) is 1.18. The number of furan rings is 1. The van der Waals surface area contributed by atoms with Crippen molar-refractivity contribution in [1.82, 2.24) is 5.32 Å². The standard InChI is InChI=1S/C59H49N3O/c1-37(39-30-32-56-50(35-39)49-24-8-12-28-55(49)63-56)61-58(38-15-3-2-4-16-38)62-57(60)44-20-14-19-42(34-44)40-17-13-18-41(33-40)43-29-31-48-47-23-7-11-27-53(47)59(54(48)36-43)51-25-9-5-21-45(51)46-22-6-10-26-52(46)59/h3,5,7-21,23-37,47,53,58,61H,2,4,6,22H2,1H3,(H2,60,62). The number of nitrogens with two attached hydrogens (primary N) is 1. The highest BCUT2D eigenvalue weighted by molar-refractivity contribution is 6.05. The van der Waals surface area contributed by atoms with Crippen molar-refractivity contribution in [2.75, 3.05) is 0 Å². The Hall–Kier alpha value is -7.01. The van der Waals surface area contributed by atoms with Gasteiger partial charge < -0.3 is 10.2 Å². The van der Waals surface area contributed by atoms with E-state index in [1.165, 1.54) is 50.1 Å². The molecule has 5 aliphatic rings. The number of rotatable bonds is 8. The molecule has 1 spiro atoms. The quantitative estimate of drug-likeness (QED) is 0.119. The molecule has 0 saturated carbocycles. The largest absolute Gasteiger partial charge is 0.456 e. The van der Waals surface area contributed by atoms with Crippen molar-refractivity contribution in [2.45, 2.75) is 56.1 Å². The molecule has 0 fully saturated rings. The molecule has 63 heavy (non-hydrogen) atoms. The normalized spacial score (nSPS) is 21.7. The molecule has 4 nitrogen and oxygen atoms in total. The predicted octanol–water partition coefficient (Wildman–Crippen LogP) is 13.8. The van der Waals surface area contributed by atoms with Crippen LogP contribution in [0.25, 0.3) is 49.8 Å². The number of fused-ring (bicyclic) bond motifs is 12. The first-order chi connectivity index (χ1) is 31.0. The van der Waals surface area contributed by atoms with E-state index in [4.69, 9.17) is 15.1 Å². The Labute approximate surface area is 369 Å². The van der Waals surface area contributed by atoms with Gasteiger partial charge in [-0.25, -0.2) is 4.99 Å². The van der Waals surface area contributed by atoms with Gasteiger partial charge in [-0.2, -0.15) is 0 Å². The maximum absolute atomic E-state index is 6.98. The fourth-order valence-electron chi connectivity index (χ4n) is 11.4. The molecule has 6 aromatic carbocycles. The first-order valence-corrected chi connectivity index (χ1v) is 22.6. The Bertz CT molecular complexity index is 3220. The lowest BCUT2D eigenvalue weighted by Crippen LogP contribution is -2.34. The number of amidine groups is 1. The fourth-order valence-corrected chi connectivity index (χ4v) is 11.4. The summed E-state index contributed by atoms with van der Waals surface area (Å²) in [6, 6.07) is 48.7. The fraction of sp³-hybridized carbons (Fsp3) is 0.169. The molecule has 1 aromatic heterocycles. The van der Waals surface area contributed by atoms with Crippen LogP contribution in [0.2, 0.25) is 0 Å². The van der Waals surface area contributed by atoms with Gasteiger partial charge in [0, 0.05) is 34.2 Å². The molecule has 0 bridgehead atoms. The molecule has 306 valence electrons. The Morgan fingerprint density at radius 3 is 2.37 bits per heavy atom. The summed E-state index contributed by atoms with van der Waals surface area (Å²) in [7, 11) is 0. The van der Waals surface area contributed by atoms with Gasteiger partial charge in [-0.3, -0.25) is 5.32 Å². The van der Waals surface area contributed by atoms with E-state index in [0.29, 0.717) is 17.7 Å². The van der Waals surface area contributed by atoms with E-state index in [1.54, 1.807) is 0 Å². The maximum atomic E-state index is 6.98. The van der Waals surface area contributed by atoms with Crippen molar-refractivity contribution >= 4 is 33.3 Å². The molecule has 7 aromatic rings. The summed E-state index contributed by atoms with van der Waals surface area (Å²) < 4.78 is 6.13. The summed E-state index contributed by atoms with van der Waals surface area (Å²) >= 11 is 0. The van der Waals surface area contributed by atoms with Gasteiger partial charge in [-0.05, 0) is 136 Å². The summed E-state index contributed by atoms with van der Waals surface area (Å²) in [6.45, 7) is 2.19. The average molecular weight is 816 g/mol. The summed E-state index contributed by atoms with van der Waals surface area (Å²) in [5, 5.41) is 6.07. The molecule has 0 amide bonds. The van der Waals surface area contributed by atoms with Crippen LogP contribution in [0.3, 0.4) is 0 Å². The molecule has 3 N–H and O–H groups in total. The van der Waals surface area contributed by atoms with Crippen LogP contribution in [0, 0.1) is 5.92 Å². The van der Waals surface area contributed by atoms with Crippen LogP contribution in [0.15, 0.2) is 209 Å². The highest BCUT2D eigenvalue weighted by atomic mass is 16.3. The van der Waals surface area contributed by atoms with Crippen molar-refractivity contribution in [3.8, 4) is 22.3 Å². The SMILES string of the molecule is CC(NC(N=C(N)c1cccc(-c2cccc(-c3ccc4c(c3)C3(C5=C(CCC=C5)c5ccccc53)C3C=CC=CC43)c2)c1)C1=CCCC=C1)c1ccc2oc3ccccc3c2c1. The van der Waals surface area contributed by atoms with E-state index in [1.807, 2.05) is 12.1 Å². The Balaban J connectivity index is 0.873. The van der Waals surface area contributed by atoms with E-state index >= 15 is 0 Å². The number of para-hydroxylation sites is 1. The molecule has 1 heterocycles. The number of benzene rings is 6. The Morgan fingerprint density at radius 2 is 1.48 bits per heavy atom. The van der Waals surface area contributed by atoms with Crippen molar-refractivity contribution < 1.29 is 4.42 Å². The second kappa shape index (κ2) is 15.1. The second-order valence-electron chi connectivity index (χ2n) is 17.8. The monoisotopic (exact) mass is 815 g/mol. The zero-order valence-corrected chi connectivity index (χ0v) is 35.5. The smallest absolute Gasteiger partial charge is 0.135 e. The van der Waals surface area contributed by atoms with Gasteiger partial charge in [0.1, 0.15) is 23.2 Å². The molecular weight excluding hydrogens is 767 g/mol. The number of allylic oxidation sites excluding steroid dienone is 10. The lowest BCUT2D eigenvalue weighted by atomic mass is 9.64. The average Bonchev–Trinajstić information content (AvgIpc) is 3.98. The van der Waals surface area contributed by atoms with Gasteiger partial charge in [0.05, 0.1) is 5.41 Å². The van der Waals surface area contributed by atoms with Gasteiger partial charge >= 0.3 is 0 Å². The molecule has 0 radical (unpaired) electrons. The zero-order valence-electron chi connectivity index (χ0n) is 35.5. The van der Waals surface area contributed by atoms with E-state index in [9.17, 15) is 0 Å². The molecule has 5 aliphatic carbocycles. The van der Waals surface area contributed by atoms with E-state index in [0.717, 1.165) is 69.9 Å². The van der Waals surface area contributed by atoms with E-state index in [2.05, 4.69) is 188 Å². The minimum atomic E-state index is -0.319. The van der Waals surface area contributed by atoms with Gasteiger partial charge in [-0.1, -0.05) is 152 Å². The minimum absolute atomic E-state index is 0.00214. The highest BCUT2D eigenvalue weighted by Crippen LogP contribution is 2.66. The number of nitrogens with zero attached hydrogens (tertiary/aromatic N) is 1. The van der Waals surface area contributed by atoms with Crippen molar-refractivity contribution in [1.29, 1.82) is 0 Å².